The van der Waals surface area contributed by atoms with Gasteiger partial charge < -0.3 is 5.43 Å². The maximum absolute atomic E-state index is 11.0. The lowest BCUT2D eigenvalue weighted by Gasteiger charge is -2.04. The van der Waals surface area contributed by atoms with Crippen LogP contribution < -0.4 is 5.43 Å². The van der Waals surface area contributed by atoms with Crippen molar-refractivity contribution in [3.63, 3.8) is 0 Å². The lowest BCUT2D eigenvalue weighted by atomic mass is 10.3. The molecule has 0 saturated heterocycles. The molecule has 1 aromatic heterocycles. The van der Waals surface area contributed by atoms with Crippen molar-refractivity contribution in [3.8, 4) is 0 Å². The molecule has 1 rings (SSSR count). The zero-order chi connectivity index (χ0) is 8.43. The average molecular weight is 173 g/mol. The summed E-state index contributed by atoms with van der Waals surface area (Å²) >= 11 is 5.74. The molecule has 11 heavy (non-hydrogen) atoms. The van der Waals surface area contributed by atoms with E-state index in [0.717, 1.165) is 0 Å². The minimum absolute atomic E-state index is 0.0469. The molecule has 0 radical (unpaired) electrons. The van der Waals surface area contributed by atoms with Gasteiger partial charge in [-0.3, -0.25) is 9.47 Å². The minimum Gasteiger partial charge on any atom is -0.329 e. The smallest absolute Gasteiger partial charge is 0.179 e. The zero-order valence-corrected chi connectivity index (χ0v) is 7.14. The van der Waals surface area contributed by atoms with Crippen molar-refractivity contribution in [2.45, 2.75) is 6.92 Å². The third-order valence-corrected chi connectivity index (χ3v) is 1.72. The van der Waals surface area contributed by atoms with Crippen LogP contribution in [0.3, 0.4) is 0 Å². The first-order valence-electron chi connectivity index (χ1n) is 3.22. The van der Waals surface area contributed by atoms with Gasteiger partial charge in [-0.1, -0.05) is 11.6 Å². The number of nitrogens with zero attached hydrogens (tertiary/aromatic N) is 1. The van der Waals surface area contributed by atoms with Crippen molar-refractivity contribution in [3.05, 3.63) is 23.0 Å². The van der Waals surface area contributed by atoms with Gasteiger partial charge in [-0.05, 0) is 6.07 Å². The minimum atomic E-state index is -0.0469. The average Bonchev–Trinajstić information content (AvgIpc) is 2.30. The molecule has 0 spiro atoms. The van der Waals surface area contributed by atoms with Gasteiger partial charge in [0, 0.05) is 20.2 Å². The highest BCUT2D eigenvalue weighted by atomic mass is 35.5. The molecule has 0 aromatic carbocycles. The highest BCUT2D eigenvalue weighted by molar-refractivity contribution is 6.33. The molecule has 0 fully saturated rings. The zero-order valence-electron chi connectivity index (χ0n) is 6.39. The molecular weight excluding hydrogens is 164 g/mol. The molecule has 0 aliphatic carbocycles. The van der Waals surface area contributed by atoms with Crippen molar-refractivity contribution >= 4 is 17.4 Å². The second-order valence-electron chi connectivity index (χ2n) is 2.16. The quantitative estimate of drug-likeness (QED) is 0.687. The Labute approximate surface area is 69.9 Å². The fourth-order valence-electron chi connectivity index (χ4n) is 0.933. The number of carbonyl (C=O) groups excluding carboxylic acids is 1. The van der Waals surface area contributed by atoms with E-state index in [4.69, 9.17) is 11.6 Å². The van der Waals surface area contributed by atoms with Crippen LogP contribution in [0, 0.1) is 0 Å². The van der Waals surface area contributed by atoms with E-state index in [1.54, 1.807) is 24.0 Å². The van der Waals surface area contributed by atoms with Gasteiger partial charge in [-0.25, -0.2) is 0 Å². The van der Waals surface area contributed by atoms with E-state index in [0.29, 0.717) is 10.7 Å². The number of hydrogen-bond donors (Lipinski definition) is 1. The van der Waals surface area contributed by atoms with Crippen molar-refractivity contribution in [1.82, 2.24) is 4.68 Å². The van der Waals surface area contributed by atoms with E-state index < -0.39 is 0 Å². The molecule has 4 heteroatoms. The van der Waals surface area contributed by atoms with Crippen LogP contribution in [-0.2, 0) is 0 Å². The summed E-state index contributed by atoms with van der Waals surface area (Å²) in [5.41, 5.74) is 3.30. The van der Waals surface area contributed by atoms with Crippen LogP contribution in [-0.4, -0.2) is 17.5 Å². The standard InChI is InChI=1S/C7H9ClN2O/c1-5(11)7-6(8)3-4-10(7)9-2/h3-4,9H,1-2H3. The molecule has 3 nitrogen and oxygen atoms in total. The Morgan fingerprint density at radius 2 is 2.36 bits per heavy atom. The molecular formula is C7H9ClN2O. The number of aromatic nitrogens is 1. The number of carbonyl (C=O) groups is 1. The monoisotopic (exact) mass is 172 g/mol. The molecule has 0 bridgehead atoms. The van der Waals surface area contributed by atoms with Gasteiger partial charge in [0.15, 0.2) is 5.78 Å². The Bertz CT molecular complexity index is 280. The number of halogens is 1. The number of nitrogens with one attached hydrogen (secondary N) is 1. The molecule has 0 atom stereocenters. The van der Waals surface area contributed by atoms with Crippen LogP contribution in [0.25, 0.3) is 0 Å². The van der Waals surface area contributed by atoms with E-state index in [1.165, 1.54) is 6.92 Å². The van der Waals surface area contributed by atoms with Gasteiger partial charge in [0.25, 0.3) is 0 Å². The largest absolute Gasteiger partial charge is 0.329 e. The lowest BCUT2D eigenvalue weighted by Crippen LogP contribution is -2.13. The summed E-state index contributed by atoms with van der Waals surface area (Å²) in [4.78, 5) is 11.0. The van der Waals surface area contributed by atoms with Gasteiger partial charge in [-0.15, -0.1) is 0 Å². The van der Waals surface area contributed by atoms with E-state index in [9.17, 15) is 4.79 Å². The Hall–Kier alpha value is -0.960. The first-order chi connectivity index (χ1) is 5.16. The summed E-state index contributed by atoms with van der Waals surface area (Å²) < 4.78 is 1.59. The second kappa shape index (κ2) is 2.96. The van der Waals surface area contributed by atoms with E-state index >= 15 is 0 Å². The number of ketones is 1. The predicted octanol–water partition coefficient (Wildman–Crippen LogP) is 1.52. The van der Waals surface area contributed by atoms with Gasteiger partial charge in [0.2, 0.25) is 0 Å². The van der Waals surface area contributed by atoms with Crippen LogP contribution in [0.1, 0.15) is 17.4 Å². The molecule has 60 valence electrons. The van der Waals surface area contributed by atoms with Crippen LogP contribution in [0.4, 0.5) is 0 Å². The normalized spacial score (nSPS) is 9.73. The van der Waals surface area contributed by atoms with Gasteiger partial charge >= 0.3 is 0 Å². The summed E-state index contributed by atoms with van der Waals surface area (Å²) in [7, 11) is 1.72. The van der Waals surface area contributed by atoms with Crippen molar-refractivity contribution in [1.29, 1.82) is 0 Å². The molecule has 0 amide bonds. The van der Waals surface area contributed by atoms with Crippen molar-refractivity contribution in [2.24, 2.45) is 0 Å². The molecule has 0 aliphatic heterocycles. The van der Waals surface area contributed by atoms with Gasteiger partial charge in [0.05, 0.1) is 5.02 Å². The molecule has 1 N–H and O–H groups in total. The molecule has 0 unspecified atom stereocenters. The van der Waals surface area contributed by atoms with Gasteiger partial charge in [0.1, 0.15) is 5.69 Å². The highest BCUT2D eigenvalue weighted by Gasteiger charge is 2.10. The highest BCUT2D eigenvalue weighted by Crippen LogP contribution is 2.16. The third-order valence-electron chi connectivity index (χ3n) is 1.41. The first-order valence-corrected chi connectivity index (χ1v) is 3.60. The van der Waals surface area contributed by atoms with Gasteiger partial charge in [-0.2, -0.15) is 0 Å². The third kappa shape index (κ3) is 1.38. The van der Waals surface area contributed by atoms with Crippen LogP contribution in [0.5, 0.6) is 0 Å². The molecule has 1 heterocycles. The Balaban J connectivity index is 3.17. The lowest BCUT2D eigenvalue weighted by molar-refractivity contribution is 0.101. The summed E-state index contributed by atoms with van der Waals surface area (Å²) in [5, 5.41) is 0.479. The maximum Gasteiger partial charge on any atom is 0.179 e. The van der Waals surface area contributed by atoms with Crippen LogP contribution >= 0.6 is 11.6 Å². The van der Waals surface area contributed by atoms with Crippen molar-refractivity contribution in [2.75, 3.05) is 12.5 Å². The SMILES string of the molecule is CNn1ccc(Cl)c1C(C)=O. The summed E-state index contributed by atoms with van der Waals surface area (Å²) in [5.74, 6) is -0.0469. The van der Waals surface area contributed by atoms with E-state index in [1.807, 2.05) is 0 Å². The van der Waals surface area contributed by atoms with E-state index in [2.05, 4.69) is 5.43 Å². The summed E-state index contributed by atoms with van der Waals surface area (Å²) in [6.07, 6.45) is 1.71. The Morgan fingerprint density at radius 3 is 2.73 bits per heavy atom. The topological polar surface area (TPSA) is 34.0 Å². The Morgan fingerprint density at radius 1 is 1.73 bits per heavy atom. The number of hydrogen-bond acceptors (Lipinski definition) is 2. The molecule has 1 aromatic rings. The summed E-state index contributed by atoms with van der Waals surface area (Å²) in [6.45, 7) is 1.48. The summed E-state index contributed by atoms with van der Waals surface area (Å²) in [6, 6.07) is 1.68. The fraction of sp³-hybridized carbons (Fsp3) is 0.286. The van der Waals surface area contributed by atoms with Crippen LogP contribution in [0.2, 0.25) is 5.02 Å². The van der Waals surface area contributed by atoms with E-state index in [-0.39, 0.29) is 5.78 Å². The Kier molecular flexibility index (Phi) is 2.19. The van der Waals surface area contributed by atoms with Crippen molar-refractivity contribution < 1.29 is 4.79 Å². The predicted molar refractivity (Wildman–Crippen MR) is 44.7 cm³/mol. The second-order valence-corrected chi connectivity index (χ2v) is 2.57. The maximum atomic E-state index is 11.0. The number of Topliss-reactive ketones (excluding diaryl/α,β-unsaturated/α-hetero) is 1. The molecule has 0 saturated carbocycles. The number of rotatable bonds is 2. The fourth-order valence-corrected chi connectivity index (χ4v) is 1.21. The van der Waals surface area contributed by atoms with Crippen LogP contribution in [0.15, 0.2) is 12.3 Å². The molecule has 0 aliphatic rings. The first kappa shape index (κ1) is 8.14.